The SMILES string of the molecule is C.Clc1ccc2c(c1)sc1c(-c3ccccc3)nc(-c3ccccc3)nc12.c1ccc(-c2nc(-c3ccccc3)c3sc4cc(-n5c6ccccc6c6ccc7c(c8ccccc8n7-c7ccccc7)c65)ccc4c3n2)cc1.c1ccc(-n2c3ccccc3c3c4[nH]c5ccccc5c4ccc32)cc1.c1ccc2c(c1)[nH]c1c2ccc2[nH]c3ccccc3c21. The third-order valence-corrected chi connectivity index (χ3v) is 26.5. The van der Waals surface area contributed by atoms with Crippen LogP contribution in [0.15, 0.2) is 400 Å². The van der Waals surface area contributed by atoms with Crippen molar-refractivity contribution in [2.75, 3.05) is 0 Å². The molecule has 0 spiro atoms. The lowest BCUT2D eigenvalue weighted by molar-refractivity contribution is 1.18. The molecule has 0 atom stereocenters. The smallest absolute Gasteiger partial charge is 0.160 e. The summed E-state index contributed by atoms with van der Waals surface area (Å²) in [5.74, 6) is 1.48. The van der Waals surface area contributed by atoms with Gasteiger partial charge < -0.3 is 28.7 Å². The number of rotatable bonds is 7. The van der Waals surface area contributed by atoms with Gasteiger partial charge in [0.25, 0.3) is 0 Å². The normalized spacial score (nSPS) is 11.7. The number of para-hydroxylation sites is 8. The Morgan fingerprint density at radius 2 is 0.621 bits per heavy atom. The molecule has 0 aliphatic rings. The Labute approximate surface area is 724 Å². The van der Waals surface area contributed by atoms with Gasteiger partial charge in [-0.3, -0.25) is 0 Å². The Kier molecular flexibility index (Phi) is 18.0. The molecule has 27 aromatic rings. The van der Waals surface area contributed by atoms with Crippen LogP contribution in [0.1, 0.15) is 7.43 Å². The van der Waals surface area contributed by atoms with Gasteiger partial charge in [0.2, 0.25) is 0 Å². The van der Waals surface area contributed by atoms with Gasteiger partial charge in [-0.25, -0.2) is 19.9 Å². The summed E-state index contributed by atoms with van der Waals surface area (Å²) in [6.45, 7) is 0. The molecular formula is C111H73ClN10S2. The van der Waals surface area contributed by atoms with Crippen LogP contribution in [0, 0.1) is 0 Å². The van der Waals surface area contributed by atoms with Crippen molar-refractivity contribution < 1.29 is 0 Å². The fourth-order valence-corrected chi connectivity index (χ4v) is 21.1. The van der Waals surface area contributed by atoms with Gasteiger partial charge in [0, 0.05) is 151 Å². The first-order chi connectivity index (χ1) is 60.9. The topological polar surface area (TPSA) is 114 Å². The highest BCUT2D eigenvalue weighted by molar-refractivity contribution is 7.26. The molecule has 0 fully saturated rings. The van der Waals surface area contributed by atoms with E-state index in [4.69, 9.17) is 31.5 Å². The van der Waals surface area contributed by atoms with E-state index in [9.17, 15) is 0 Å². The molecule has 0 unspecified atom stereocenters. The van der Waals surface area contributed by atoms with Crippen molar-refractivity contribution in [2.45, 2.75) is 7.43 Å². The van der Waals surface area contributed by atoms with E-state index in [-0.39, 0.29) is 7.43 Å². The molecule has 27 rings (SSSR count). The first kappa shape index (κ1) is 73.6. The molecule has 586 valence electrons. The highest BCUT2D eigenvalue weighted by Gasteiger charge is 2.25. The number of hydrogen-bond donors (Lipinski definition) is 3. The maximum atomic E-state index is 6.20. The van der Waals surface area contributed by atoms with Crippen LogP contribution in [0.25, 0.3) is 234 Å². The Hall–Kier alpha value is -15.6. The van der Waals surface area contributed by atoms with E-state index in [0.29, 0.717) is 0 Å². The van der Waals surface area contributed by atoms with Gasteiger partial charge >= 0.3 is 0 Å². The summed E-state index contributed by atoms with van der Waals surface area (Å²) < 4.78 is 11.7. The zero-order valence-corrected chi connectivity index (χ0v) is 68.3. The zero-order chi connectivity index (χ0) is 81.2. The molecule has 10 aromatic heterocycles. The third-order valence-electron chi connectivity index (χ3n) is 24.0. The first-order valence-electron chi connectivity index (χ1n) is 41.2. The number of thiophene rings is 2. The molecule has 124 heavy (non-hydrogen) atoms. The van der Waals surface area contributed by atoms with Crippen LogP contribution in [-0.4, -0.2) is 48.6 Å². The van der Waals surface area contributed by atoms with Crippen molar-refractivity contribution >= 4 is 206 Å². The van der Waals surface area contributed by atoms with Gasteiger partial charge in [-0.05, 0) is 115 Å². The number of benzene rings is 17. The maximum Gasteiger partial charge on any atom is 0.160 e. The number of nitrogens with zero attached hydrogens (tertiary/aromatic N) is 7. The molecule has 3 N–H and O–H groups in total. The minimum atomic E-state index is 0. The van der Waals surface area contributed by atoms with E-state index < -0.39 is 0 Å². The standard InChI is InChI=1S/C46H28N4S.C24H16N2.C22H13ClN2S.C18H12N2.CH4/c1-4-14-29(15-5-1)42-45-43(48-46(47-42)30-16-6-2-7-17-30)36-25-24-32(28-40(36)51-45)50-37-22-12-10-20-33(37)34-26-27-39-41(44(34)50)35-21-11-13-23-38(35)49(39)31-18-8-3-9-19-31;1-2-8-16(9-3-1)26-21-13-7-5-11-19(21)23-22(26)15-14-18-17-10-4-6-12-20(17)25-24(18)23;23-16-11-12-17-18(13-16)26-21-19(14-7-3-1-4-8-14)24-22(25-20(17)21)15-9-5-2-6-10-15;1-3-7-14-11(5-1)12-9-10-16-17(18(12)20-14)13-6-2-4-8-15(13)19-16;/h1-28H;1-15,25H;1-13H;1-10,19-20H;1H4. The second kappa shape index (κ2) is 30.3. The van der Waals surface area contributed by atoms with E-state index in [1.807, 2.05) is 84.9 Å². The van der Waals surface area contributed by atoms with Crippen molar-refractivity contribution in [3.05, 3.63) is 405 Å². The molecule has 0 saturated carbocycles. The Morgan fingerprint density at radius 3 is 1.15 bits per heavy atom. The number of hydrogen-bond acceptors (Lipinski definition) is 6. The number of nitrogens with one attached hydrogen (secondary N) is 3. The summed E-state index contributed by atoms with van der Waals surface area (Å²) in [6, 6.07) is 140. The minimum Gasteiger partial charge on any atom is -0.354 e. The Morgan fingerprint density at radius 1 is 0.242 bits per heavy atom. The molecule has 13 heteroatoms. The molecule has 0 saturated heterocycles. The highest BCUT2D eigenvalue weighted by atomic mass is 35.5. The van der Waals surface area contributed by atoms with Gasteiger partial charge in [-0.15, -0.1) is 22.7 Å². The molecule has 0 amide bonds. The predicted molar refractivity (Wildman–Crippen MR) is 527 cm³/mol. The molecular weight excluding hydrogens is 1570 g/mol. The molecule has 0 bridgehead atoms. The fraction of sp³-hybridized carbons (Fsp3) is 0.00901. The molecule has 0 radical (unpaired) electrons. The number of fused-ring (bicyclic) bond motifs is 27. The van der Waals surface area contributed by atoms with Crippen LogP contribution < -0.4 is 0 Å². The minimum absolute atomic E-state index is 0. The van der Waals surface area contributed by atoms with E-state index >= 15 is 0 Å². The van der Waals surface area contributed by atoms with Gasteiger partial charge in [0.1, 0.15) is 0 Å². The second-order valence-electron chi connectivity index (χ2n) is 31.0. The Bertz CT molecular complexity index is 8830. The maximum absolute atomic E-state index is 6.20. The van der Waals surface area contributed by atoms with Gasteiger partial charge in [-0.1, -0.05) is 304 Å². The van der Waals surface area contributed by atoms with Gasteiger partial charge in [0.05, 0.1) is 76.0 Å². The zero-order valence-electron chi connectivity index (χ0n) is 65.9. The third kappa shape index (κ3) is 12.2. The monoisotopic (exact) mass is 1640 g/mol. The lowest BCUT2D eigenvalue weighted by atomic mass is 10.1. The largest absolute Gasteiger partial charge is 0.354 e. The van der Waals surface area contributed by atoms with Crippen LogP contribution in [0.4, 0.5) is 0 Å². The summed E-state index contributed by atoms with van der Waals surface area (Å²) >= 11 is 9.67. The quantitative estimate of drug-likeness (QED) is 0.147. The Balaban J connectivity index is 0.000000103. The van der Waals surface area contributed by atoms with E-state index in [1.165, 1.54) is 141 Å². The fourth-order valence-electron chi connectivity index (χ4n) is 18.5. The van der Waals surface area contributed by atoms with Crippen LogP contribution in [0.2, 0.25) is 5.02 Å². The van der Waals surface area contributed by atoms with E-state index in [0.717, 1.165) is 97.6 Å². The number of aromatic amines is 3. The molecule has 17 aromatic carbocycles. The summed E-state index contributed by atoms with van der Waals surface area (Å²) in [6.07, 6.45) is 0. The number of halogens is 1. The van der Waals surface area contributed by atoms with Crippen LogP contribution in [0.3, 0.4) is 0 Å². The van der Waals surface area contributed by atoms with Crippen molar-refractivity contribution in [2.24, 2.45) is 0 Å². The van der Waals surface area contributed by atoms with Crippen molar-refractivity contribution in [1.82, 2.24) is 48.6 Å². The molecule has 10 nitrogen and oxygen atoms in total. The van der Waals surface area contributed by atoms with Gasteiger partial charge in [-0.2, -0.15) is 0 Å². The lowest BCUT2D eigenvalue weighted by Crippen LogP contribution is -1.95. The molecule has 10 heterocycles. The number of aromatic nitrogens is 10. The first-order valence-corrected chi connectivity index (χ1v) is 43.2. The summed E-state index contributed by atoms with van der Waals surface area (Å²) in [5, 5.41) is 18.2. The molecule has 0 aliphatic heterocycles. The average molecular weight is 1650 g/mol. The summed E-state index contributed by atoms with van der Waals surface area (Å²) in [7, 11) is 0. The average Bonchev–Trinajstić information content (AvgIpc) is 1.54. The van der Waals surface area contributed by atoms with Crippen molar-refractivity contribution in [3.8, 4) is 62.4 Å². The highest BCUT2D eigenvalue weighted by Crippen LogP contribution is 2.48. The molecule has 0 aliphatic carbocycles. The van der Waals surface area contributed by atoms with E-state index in [1.54, 1.807) is 22.7 Å². The number of H-pyrrole nitrogens is 3. The lowest BCUT2D eigenvalue weighted by Gasteiger charge is -2.10. The van der Waals surface area contributed by atoms with Crippen LogP contribution in [0.5, 0.6) is 0 Å². The van der Waals surface area contributed by atoms with Gasteiger partial charge in [0.15, 0.2) is 11.6 Å². The van der Waals surface area contributed by atoms with Crippen molar-refractivity contribution in [1.29, 1.82) is 0 Å². The van der Waals surface area contributed by atoms with Crippen molar-refractivity contribution in [3.63, 3.8) is 0 Å². The summed E-state index contributed by atoms with van der Waals surface area (Å²) in [4.78, 5) is 31.0. The van der Waals surface area contributed by atoms with E-state index in [2.05, 4.69) is 344 Å². The second-order valence-corrected chi connectivity index (χ2v) is 33.6. The predicted octanol–water partition coefficient (Wildman–Crippen LogP) is 31.2. The summed E-state index contributed by atoms with van der Waals surface area (Å²) in [5.41, 5.74) is 26.0. The van der Waals surface area contributed by atoms with Crippen LogP contribution in [-0.2, 0) is 0 Å². The van der Waals surface area contributed by atoms with Crippen LogP contribution >= 0.6 is 34.3 Å².